The first-order valence-corrected chi connectivity index (χ1v) is 9.13. The van der Waals surface area contributed by atoms with Gasteiger partial charge in [0.1, 0.15) is 17.8 Å². The number of nitrogens with zero attached hydrogens (tertiary/aromatic N) is 2. The first-order valence-electron chi connectivity index (χ1n) is 8.14. The monoisotopic (exact) mass is 382 g/mol. The van der Waals surface area contributed by atoms with Gasteiger partial charge in [-0.15, -0.1) is 0 Å². The molecule has 7 heteroatoms. The van der Waals surface area contributed by atoms with Crippen molar-refractivity contribution < 1.29 is 18.0 Å². The molecule has 2 heterocycles. The summed E-state index contributed by atoms with van der Waals surface area (Å²) < 4.78 is 29.4. The number of hydrogen-bond acceptors (Lipinski definition) is 6. The van der Waals surface area contributed by atoms with E-state index in [0.717, 1.165) is 22.6 Å². The predicted octanol–water partition coefficient (Wildman–Crippen LogP) is 5.44. The lowest BCUT2D eigenvalue weighted by molar-refractivity contribution is 0.415. The van der Waals surface area contributed by atoms with Gasteiger partial charge in [0.2, 0.25) is 5.89 Å². The van der Waals surface area contributed by atoms with Crippen LogP contribution in [0.25, 0.3) is 22.8 Å². The fourth-order valence-electron chi connectivity index (χ4n) is 2.45. The van der Waals surface area contributed by atoms with E-state index in [1.165, 1.54) is 23.9 Å². The van der Waals surface area contributed by atoms with Crippen LogP contribution in [0.2, 0.25) is 0 Å². The summed E-state index contributed by atoms with van der Waals surface area (Å²) in [4.78, 5) is 8.73. The molecular formula is C20H15FN2O3S. The maximum atomic E-state index is 13.0. The van der Waals surface area contributed by atoms with Crippen molar-refractivity contribution >= 4 is 11.8 Å². The number of benzene rings is 2. The standard InChI is InChI=1S/C20H15FN2O3S/c1-24-17-8-4-14(5-9-17)19-23-16(11-25-19)12-27-20-22-10-18(26-20)13-2-6-15(21)7-3-13/h2-11H,12H2,1H3. The second kappa shape index (κ2) is 7.67. The Balaban J connectivity index is 1.40. The van der Waals surface area contributed by atoms with Gasteiger partial charge in [0.05, 0.1) is 19.0 Å². The highest BCUT2D eigenvalue weighted by Gasteiger charge is 2.11. The summed E-state index contributed by atoms with van der Waals surface area (Å²) in [6.45, 7) is 0. The summed E-state index contributed by atoms with van der Waals surface area (Å²) >= 11 is 1.41. The van der Waals surface area contributed by atoms with E-state index in [1.807, 2.05) is 24.3 Å². The average Bonchev–Trinajstić information content (AvgIpc) is 3.37. The molecule has 0 saturated carbocycles. The van der Waals surface area contributed by atoms with Crippen molar-refractivity contribution in [3.8, 4) is 28.5 Å². The molecule has 0 radical (unpaired) electrons. The van der Waals surface area contributed by atoms with Crippen molar-refractivity contribution in [2.45, 2.75) is 11.0 Å². The van der Waals surface area contributed by atoms with Crippen LogP contribution in [0.5, 0.6) is 5.75 Å². The topological polar surface area (TPSA) is 61.3 Å². The fourth-order valence-corrected chi connectivity index (χ4v) is 3.13. The number of ether oxygens (including phenoxy) is 1. The second-order valence-corrected chi connectivity index (χ2v) is 6.59. The van der Waals surface area contributed by atoms with Crippen LogP contribution in [0, 0.1) is 5.82 Å². The van der Waals surface area contributed by atoms with E-state index in [4.69, 9.17) is 13.6 Å². The maximum absolute atomic E-state index is 13.0. The van der Waals surface area contributed by atoms with E-state index < -0.39 is 0 Å². The van der Waals surface area contributed by atoms with Gasteiger partial charge in [-0.05, 0) is 48.5 Å². The van der Waals surface area contributed by atoms with Crippen LogP contribution < -0.4 is 4.74 Å². The molecule has 4 aromatic rings. The Kier molecular flexibility index (Phi) is 4.93. The third kappa shape index (κ3) is 4.03. The molecule has 0 aliphatic carbocycles. The van der Waals surface area contributed by atoms with Gasteiger partial charge in [-0.25, -0.2) is 14.4 Å². The van der Waals surface area contributed by atoms with Crippen molar-refractivity contribution in [2.24, 2.45) is 0 Å². The third-order valence-electron chi connectivity index (χ3n) is 3.85. The normalized spacial score (nSPS) is 10.9. The van der Waals surface area contributed by atoms with Crippen molar-refractivity contribution in [1.29, 1.82) is 0 Å². The zero-order valence-electron chi connectivity index (χ0n) is 14.4. The molecule has 2 aromatic heterocycles. The Morgan fingerprint density at radius 2 is 1.78 bits per heavy atom. The SMILES string of the molecule is COc1ccc(-c2nc(CSc3ncc(-c4ccc(F)cc4)o3)co2)cc1. The minimum Gasteiger partial charge on any atom is -0.497 e. The predicted molar refractivity (Wildman–Crippen MR) is 99.9 cm³/mol. The van der Waals surface area contributed by atoms with Crippen LogP contribution in [-0.2, 0) is 5.75 Å². The van der Waals surface area contributed by atoms with Crippen LogP contribution in [0.1, 0.15) is 5.69 Å². The van der Waals surface area contributed by atoms with E-state index in [0.29, 0.717) is 22.6 Å². The Hall–Kier alpha value is -3.06. The Labute approximate surface area is 159 Å². The number of hydrogen-bond donors (Lipinski definition) is 0. The van der Waals surface area contributed by atoms with E-state index in [-0.39, 0.29) is 5.82 Å². The molecule has 0 aliphatic rings. The Morgan fingerprint density at radius 3 is 2.52 bits per heavy atom. The molecule has 0 fully saturated rings. The lowest BCUT2D eigenvalue weighted by Crippen LogP contribution is -1.84. The van der Waals surface area contributed by atoms with Crippen LogP contribution in [0.3, 0.4) is 0 Å². The molecule has 136 valence electrons. The lowest BCUT2D eigenvalue weighted by atomic mass is 10.2. The number of methoxy groups -OCH3 is 1. The Morgan fingerprint density at radius 1 is 1.04 bits per heavy atom. The molecule has 2 aromatic carbocycles. The summed E-state index contributed by atoms with van der Waals surface area (Å²) in [5.74, 6) is 2.20. The molecule has 0 spiro atoms. The minimum absolute atomic E-state index is 0.286. The van der Waals surface area contributed by atoms with Gasteiger partial charge < -0.3 is 13.6 Å². The van der Waals surface area contributed by atoms with Gasteiger partial charge in [-0.1, -0.05) is 11.8 Å². The molecule has 5 nitrogen and oxygen atoms in total. The van der Waals surface area contributed by atoms with Crippen LogP contribution >= 0.6 is 11.8 Å². The van der Waals surface area contributed by atoms with Gasteiger partial charge in [-0.3, -0.25) is 0 Å². The van der Waals surface area contributed by atoms with Crippen molar-refractivity contribution in [3.63, 3.8) is 0 Å². The number of thioether (sulfide) groups is 1. The molecule has 0 amide bonds. The first kappa shape index (κ1) is 17.4. The quantitative estimate of drug-likeness (QED) is 0.414. The van der Waals surface area contributed by atoms with Crippen LogP contribution in [0.15, 0.2) is 75.0 Å². The summed E-state index contributed by atoms with van der Waals surface area (Å²) in [7, 11) is 1.62. The van der Waals surface area contributed by atoms with Crippen molar-refractivity contribution in [2.75, 3.05) is 7.11 Å². The number of oxazole rings is 2. The van der Waals surface area contributed by atoms with Gasteiger partial charge >= 0.3 is 0 Å². The smallest absolute Gasteiger partial charge is 0.256 e. The molecule has 0 atom stereocenters. The van der Waals surface area contributed by atoms with Crippen LogP contribution in [0.4, 0.5) is 4.39 Å². The molecule has 0 N–H and O–H groups in total. The number of aromatic nitrogens is 2. The molecule has 0 aliphatic heterocycles. The summed E-state index contributed by atoms with van der Waals surface area (Å²) in [5, 5.41) is 0.517. The number of rotatable bonds is 6. The van der Waals surface area contributed by atoms with Gasteiger partial charge in [0.25, 0.3) is 5.22 Å². The van der Waals surface area contributed by atoms with Gasteiger partial charge in [-0.2, -0.15) is 0 Å². The largest absolute Gasteiger partial charge is 0.497 e. The number of halogens is 1. The minimum atomic E-state index is -0.286. The summed E-state index contributed by atoms with van der Waals surface area (Å²) in [6.07, 6.45) is 3.25. The fraction of sp³-hybridized carbons (Fsp3) is 0.100. The van der Waals surface area contributed by atoms with E-state index in [9.17, 15) is 4.39 Å². The summed E-state index contributed by atoms with van der Waals surface area (Å²) in [6, 6.07) is 13.6. The Bertz CT molecular complexity index is 1030. The highest BCUT2D eigenvalue weighted by atomic mass is 32.2. The molecular weight excluding hydrogens is 367 g/mol. The van der Waals surface area contributed by atoms with Crippen molar-refractivity contribution in [3.05, 3.63) is 72.5 Å². The van der Waals surface area contributed by atoms with Crippen LogP contribution in [-0.4, -0.2) is 17.1 Å². The maximum Gasteiger partial charge on any atom is 0.256 e. The summed E-state index contributed by atoms with van der Waals surface area (Å²) in [5.41, 5.74) is 2.44. The van der Waals surface area contributed by atoms with Gasteiger partial charge in [0, 0.05) is 16.9 Å². The van der Waals surface area contributed by atoms with E-state index in [2.05, 4.69) is 9.97 Å². The highest BCUT2D eigenvalue weighted by molar-refractivity contribution is 7.98. The molecule has 27 heavy (non-hydrogen) atoms. The zero-order valence-corrected chi connectivity index (χ0v) is 15.2. The van der Waals surface area contributed by atoms with Crippen molar-refractivity contribution in [1.82, 2.24) is 9.97 Å². The molecule has 0 bridgehead atoms. The third-order valence-corrected chi connectivity index (χ3v) is 4.72. The van der Waals surface area contributed by atoms with Gasteiger partial charge in [0.15, 0.2) is 5.76 Å². The first-order chi connectivity index (χ1) is 13.2. The zero-order chi connectivity index (χ0) is 18.6. The molecule has 0 saturated heterocycles. The molecule has 0 unspecified atom stereocenters. The average molecular weight is 382 g/mol. The molecule has 4 rings (SSSR count). The lowest BCUT2D eigenvalue weighted by Gasteiger charge is -1.99. The van der Waals surface area contributed by atoms with E-state index >= 15 is 0 Å². The second-order valence-electron chi connectivity index (χ2n) is 5.66. The van der Waals surface area contributed by atoms with E-state index in [1.54, 1.807) is 31.7 Å². The highest BCUT2D eigenvalue weighted by Crippen LogP contribution is 2.28.